The van der Waals surface area contributed by atoms with Gasteiger partial charge in [0.25, 0.3) is 6.29 Å². The second-order valence-corrected chi connectivity index (χ2v) is 4.46. The van der Waals surface area contributed by atoms with Gasteiger partial charge in [-0.05, 0) is 12.8 Å². The molecule has 1 atom stereocenters. The Kier molecular flexibility index (Phi) is 3.31. The molecule has 17 heavy (non-hydrogen) atoms. The summed E-state index contributed by atoms with van der Waals surface area (Å²) in [6, 6.07) is 0. The fraction of sp³-hybridized carbons (Fsp3) is 0.538. The summed E-state index contributed by atoms with van der Waals surface area (Å²) in [5.41, 5.74) is -0.394. The minimum Gasteiger partial charge on any atom is -0.424 e. The van der Waals surface area contributed by atoms with Crippen LogP contribution in [0, 0.1) is 5.41 Å². The zero-order valence-electron chi connectivity index (χ0n) is 9.85. The average molecular weight is 236 g/mol. The number of ether oxygens (including phenoxy) is 2. The molecule has 0 aromatic heterocycles. The molecule has 1 fully saturated rings. The van der Waals surface area contributed by atoms with E-state index in [9.17, 15) is 9.59 Å². The highest BCUT2D eigenvalue weighted by atomic mass is 16.7. The Labute approximate surface area is 100 Å². The number of allylic oxidation sites excluding steroid dienone is 3. The molecule has 92 valence electrons. The minimum atomic E-state index is -0.780. The predicted molar refractivity (Wildman–Crippen MR) is 60.8 cm³/mol. The third-order valence-electron chi connectivity index (χ3n) is 3.12. The van der Waals surface area contributed by atoms with E-state index in [1.165, 1.54) is 0 Å². The highest BCUT2D eigenvalue weighted by Gasteiger charge is 2.44. The van der Waals surface area contributed by atoms with Crippen molar-refractivity contribution >= 4 is 11.9 Å². The normalized spacial score (nSPS) is 29.0. The number of rotatable bonds is 3. The van der Waals surface area contributed by atoms with Crippen molar-refractivity contribution in [1.82, 2.24) is 0 Å². The van der Waals surface area contributed by atoms with Gasteiger partial charge in [-0.25, -0.2) is 0 Å². The topological polar surface area (TPSA) is 52.6 Å². The molecule has 0 saturated carbocycles. The number of hydrogen-bond acceptors (Lipinski definition) is 4. The van der Waals surface area contributed by atoms with Gasteiger partial charge in [-0.1, -0.05) is 37.6 Å². The predicted octanol–water partition coefficient (Wildman–Crippen LogP) is 2.11. The minimum absolute atomic E-state index is 0.280. The second kappa shape index (κ2) is 4.73. The molecule has 2 aliphatic rings. The monoisotopic (exact) mass is 236 g/mol. The lowest BCUT2D eigenvalue weighted by atomic mass is 9.77. The van der Waals surface area contributed by atoms with Crippen molar-refractivity contribution in [1.29, 1.82) is 0 Å². The second-order valence-electron chi connectivity index (χ2n) is 4.46. The first-order valence-electron chi connectivity index (χ1n) is 5.89. The Hall–Kier alpha value is -1.58. The van der Waals surface area contributed by atoms with E-state index >= 15 is 0 Å². The fourth-order valence-electron chi connectivity index (χ4n) is 2.32. The van der Waals surface area contributed by atoms with E-state index in [1.54, 1.807) is 0 Å². The van der Waals surface area contributed by atoms with E-state index in [2.05, 4.69) is 6.92 Å². The Bertz CT molecular complexity index is 367. The molecule has 4 nitrogen and oxygen atoms in total. The summed E-state index contributed by atoms with van der Waals surface area (Å²) in [7, 11) is 0. The number of carbonyl (C=O) groups excluding carboxylic acids is 2. The number of cyclic esters (lactones) is 2. The fourth-order valence-corrected chi connectivity index (χ4v) is 2.32. The van der Waals surface area contributed by atoms with E-state index in [0.717, 1.165) is 19.3 Å². The molecule has 0 amide bonds. The van der Waals surface area contributed by atoms with Gasteiger partial charge in [0.05, 0.1) is 5.41 Å². The maximum atomic E-state index is 11.3. The molecule has 0 aromatic rings. The quantitative estimate of drug-likeness (QED) is 0.556. The Balaban J connectivity index is 2.21. The summed E-state index contributed by atoms with van der Waals surface area (Å²) in [6.07, 6.45) is 9.26. The van der Waals surface area contributed by atoms with Crippen molar-refractivity contribution in [2.24, 2.45) is 5.41 Å². The van der Waals surface area contributed by atoms with Crippen molar-refractivity contribution in [3.05, 3.63) is 24.3 Å². The molecule has 0 radical (unpaired) electrons. The maximum Gasteiger partial charge on any atom is 0.320 e. The van der Waals surface area contributed by atoms with Gasteiger partial charge in [-0.15, -0.1) is 0 Å². The largest absolute Gasteiger partial charge is 0.424 e. The zero-order valence-corrected chi connectivity index (χ0v) is 9.85. The van der Waals surface area contributed by atoms with Gasteiger partial charge in [0, 0.05) is 0 Å². The molecule has 0 bridgehead atoms. The lowest BCUT2D eigenvalue weighted by Gasteiger charge is -2.38. The SMILES string of the molecule is CCCC1(C2OC(=O)CC(=O)O2)C=CC=CC1. The average Bonchev–Trinajstić information content (AvgIpc) is 2.29. The molecular weight excluding hydrogens is 220 g/mol. The van der Waals surface area contributed by atoms with Crippen LogP contribution in [-0.2, 0) is 19.1 Å². The van der Waals surface area contributed by atoms with Gasteiger partial charge in [-0.3, -0.25) is 9.59 Å². The standard InChI is InChI=1S/C13H16O4/c1-2-6-13(7-4-3-5-8-13)12-16-10(14)9-11(15)17-12/h3-5,7,12H,2,6,8-9H2,1H3. The van der Waals surface area contributed by atoms with Crippen LogP contribution in [0.2, 0.25) is 0 Å². The van der Waals surface area contributed by atoms with Crippen LogP contribution < -0.4 is 0 Å². The maximum absolute atomic E-state index is 11.3. The van der Waals surface area contributed by atoms with Gasteiger partial charge >= 0.3 is 11.9 Å². The van der Waals surface area contributed by atoms with Crippen molar-refractivity contribution < 1.29 is 19.1 Å². The van der Waals surface area contributed by atoms with E-state index in [-0.39, 0.29) is 6.42 Å². The van der Waals surface area contributed by atoms with Crippen molar-refractivity contribution in [2.75, 3.05) is 0 Å². The summed E-state index contributed by atoms with van der Waals surface area (Å²) < 4.78 is 10.4. The van der Waals surface area contributed by atoms with Gasteiger partial charge in [-0.2, -0.15) is 0 Å². The molecule has 1 aliphatic heterocycles. The Morgan fingerprint density at radius 2 is 2.00 bits per heavy atom. The summed E-state index contributed by atoms with van der Waals surface area (Å²) >= 11 is 0. The first-order valence-corrected chi connectivity index (χ1v) is 5.89. The number of carbonyl (C=O) groups is 2. The Morgan fingerprint density at radius 3 is 2.53 bits per heavy atom. The van der Waals surface area contributed by atoms with Gasteiger partial charge in [0.2, 0.25) is 0 Å². The molecule has 4 heteroatoms. The van der Waals surface area contributed by atoms with Crippen molar-refractivity contribution in [2.45, 2.75) is 38.9 Å². The molecule has 0 spiro atoms. The van der Waals surface area contributed by atoms with E-state index < -0.39 is 23.6 Å². The Morgan fingerprint density at radius 1 is 1.29 bits per heavy atom. The highest BCUT2D eigenvalue weighted by Crippen LogP contribution is 2.40. The van der Waals surface area contributed by atoms with Crippen LogP contribution in [-0.4, -0.2) is 18.2 Å². The molecule has 1 heterocycles. The van der Waals surface area contributed by atoms with Crippen LogP contribution in [0.15, 0.2) is 24.3 Å². The number of hydrogen-bond donors (Lipinski definition) is 0. The molecule has 1 unspecified atom stereocenters. The van der Waals surface area contributed by atoms with Crippen LogP contribution in [0.1, 0.15) is 32.6 Å². The summed E-state index contributed by atoms with van der Waals surface area (Å²) in [4.78, 5) is 22.6. The molecule has 0 aromatic carbocycles. The molecule has 0 N–H and O–H groups in total. The summed E-state index contributed by atoms with van der Waals surface area (Å²) in [5, 5.41) is 0. The van der Waals surface area contributed by atoms with Crippen molar-refractivity contribution in [3.8, 4) is 0 Å². The highest BCUT2D eigenvalue weighted by molar-refractivity contribution is 5.92. The lowest BCUT2D eigenvalue weighted by Crippen LogP contribution is -2.44. The smallest absolute Gasteiger partial charge is 0.320 e. The molecule has 1 saturated heterocycles. The first-order chi connectivity index (χ1) is 8.16. The lowest BCUT2D eigenvalue weighted by molar-refractivity contribution is -0.222. The third-order valence-corrected chi connectivity index (χ3v) is 3.12. The van der Waals surface area contributed by atoms with Gasteiger partial charge < -0.3 is 9.47 Å². The van der Waals surface area contributed by atoms with Crippen LogP contribution in [0.4, 0.5) is 0 Å². The third kappa shape index (κ3) is 2.40. The van der Waals surface area contributed by atoms with Gasteiger partial charge in [0.15, 0.2) is 0 Å². The van der Waals surface area contributed by atoms with E-state index in [1.807, 2.05) is 24.3 Å². The molecule has 1 aliphatic carbocycles. The van der Waals surface area contributed by atoms with Crippen LogP contribution in [0.25, 0.3) is 0 Å². The first kappa shape index (κ1) is 11.9. The summed E-state index contributed by atoms with van der Waals surface area (Å²) in [6.45, 7) is 2.06. The number of esters is 2. The molecular formula is C13H16O4. The van der Waals surface area contributed by atoms with E-state index in [4.69, 9.17) is 9.47 Å². The van der Waals surface area contributed by atoms with E-state index in [0.29, 0.717) is 0 Å². The van der Waals surface area contributed by atoms with Crippen LogP contribution >= 0.6 is 0 Å². The molecule has 2 rings (SSSR count). The van der Waals surface area contributed by atoms with Crippen molar-refractivity contribution in [3.63, 3.8) is 0 Å². The zero-order chi connectivity index (χ0) is 12.3. The van der Waals surface area contributed by atoms with Gasteiger partial charge in [0.1, 0.15) is 6.42 Å². The summed E-state index contributed by atoms with van der Waals surface area (Å²) in [5.74, 6) is -0.991. The van der Waals surface area contributed by atoms with Crippen LogP contribution in [0.3, 0.4) is 0 Å². The van der Waals surface area contributed by atoms with Crippen LogP contribution in [0.5, 0.6) is 0 Å².